The summed E-state index contributed by atoms with van der Waals surface area (Å²) in [4.78, 5) is 0. The van der Waals surface area contributed by atoms with Gasteiger partial charge in [-0.25, -0.2) is 0 Å². The zero-order valence-electron chi connectivity index (χ0n) is 22.0. The molecule has 5 aromatic rings. The van der Waals surface area contributed by atoms with Crippen LogP contribution in [0.25, 0.3) is 17.2 Å². The third-order valence-corrected chi connectivity index (χ3v) is 37.1. The third-order valence-electron chi connectivity index (χ3n) is 9.21. The minimum absolute atomic E-state index is 0. The maximum atomic E-state index is 2.47. The monoisotopic (exact) mass is 640 g/mol. The van der Waals surface area contributed by atoms with Gasteiger partial charge in [0, 0.05) is 0 Å². The van der Waals surface area contributed by atoms with Gasteiger partial charge in [-0.2, -0.15) is 0 Å². The fourth-order valence-corrected chi connectivity index (χ4v) is 36.1. The Morgan fingerprint density at radius 1 is 0.487 bits per heavy atom. The molecule has 0 radical (unpaired) electrons. The second-order valence-electron chi connectivity index (χ2n) is 10.9. The summed E-state index contributed by atoms with van der Waals surface area (Å²) in [5.41, 5.74) is 10.3. The van der Waals surface area contributed by atoms with Crippen LogP contribution in [0.5, 0.6) is 0 Å². The summed E-state index contributed by atoms with van der Waals surface area (Å²) in [7, 11) is 0. The Hall–Kier alpha value is -2.48. The van der Waals surface area contributed by atoms with E-state index in [0.29, 0.717) is 7.25 Å². The molecular formula is C35H32Cl2SiZr. The molecule has 0 heterocycles. The maximum Gasteiger partial charge on any atom is -0.147 e. The Bertz CT molecular complexity index is 1670. The first kappa shape index (κ1) is 28.1. The van der Waals surface area contributed by atoms with E-state index in [4.69, 9.17) is 0 Å². The van der Waals surface area contributed by atoms with Gasteiger partial charge in [-0.3, -0.25) is 0 Å². The van der Waals surface area contributed by atoms with Crippen molar-refractivity contribution < 1.29 is 17.4 Å². The smallest absolute Gasteiger partial charge is 0.147 e. The van der Waals surface area contributed by atoms with Crippen LogP contribution in [-0.4, -0.2) is 6.88 Å². The van der Waals surface area contributed by atoms with Crippen LogP contribution in [-0.2, 0) is 17.4 Å². The number of rotatable bonds is 4. The molecule has 1 unspecified atom stereocenters. The number of fused-ring (bicyclic) bond motifs is 4. The van der Waals surface area contributed by atoms with Gasteiger partial charge < -0.3 is 0 Å². The van der Waals surface area contributed by atoms with Crippen molar-refractivity contribution in [2.45, 2.75) is 14.2 Å². The standard InChI is InChI=1S/C13H9.C10H9.2C6H5.2ClH.H2Si.Zr/c1-3-7-12-10(5-1)9-11-6-2-4-8-13(11)12;1-8-6-9-4-2-3-5-10(9)7-8;2*1-2-4-6-5-3-1;;;;/h1-9H;2-7H,1H3;2*1-5H;2*1H;1H2;. The fourth-order valence-electron chi connectivity index (χ4n) is 7.88. The van der Waals surface area contributed by atoms with Crippen molar-refractivity contribution >= 4 is 44.3 Å². The van der Waals surface area contributed by atoms with E-state index in [1.807, 2.05) is 0 Å². The van der Waals surface area contributed by atoms with Crippen LogP contribution in [0.4, 0.5) is 0 Å². The molecule has 39 heavy (non-hydrogen) atoms. The zero-order valence-corrected chi connectivity index (χ0v) is 27.5. The summed E-state index contributed by atoms with van der Waals surface area (Å²) in [6, 6.07) is 50.9. The molecule has 2 aliphatic rings. The van der Waals surface area contributed by atoms with Gasteiger partial charge in [0.15, 0.2) is 0 Å². The van der Waals surface area contributed by atoms with Crippen molar-refractivity contribution in [2.24, 2.45) is 0 Å². The van der Waals surface area contributed by atoms with E-state index in [-0.39, 0.29) is 24.8 Å². The van der Waals surface area contributed by atoms with E-state index in [1.165, 1.54) is 39.0 Å². The molecule has 1 atom stereocenters. The number of benzene rings is 5. The minimum Gasteiger partial charge on any atom is -0.147 e. The molecule has 0 bridgehead atoms. The van der Waals surface area contributed by atoms with Crippen LogP contribution in [0, 0.1) is 0 Å². The van der Waals surface area contributed by atoms with Gasteiger partial charge in [0.2, 0.25) is 0 Å². The molecule has 5 aromatic carbocycles. The van der Waals surface area contributed by atoms with Crippen molar-refractivity contribution in [1.82, 2.24) is 0 Å². The predicted octanol–water partition coefficient (Wildman–Crippen LogP) is 7.65. The van der Waals surface area contributed by atoms with Crippen molar-refractivity contribution in [2.75, 3.05) is 0 Å². The van der Waals surface area contributed by atoms with E-state index in [2.05, 4.69) is 153 Å². The molecule has 0 N–H and O–H groups in total. The molecule has 0 aromatic heterocycles. The number of hydrogen-bond acceptors (Lipinski definition) is 0. The predicted molar refractivity (Wildman–Crippen MR) is 172 cm³/mol. The topological polar surface area (TPSA) is 0 Å². The molecule has 194 valence electrons. The first-order chi connectivity index (χ1) is 18.1. The maximum absolute atomic E-state index is 4.44. The van der Waals surface area contributed by atoms with Gasteiger partial charge in [0.05, 0.1) is 0 Å². The van der Waals surface area contributed by atoms with Crippen molar-refractivity contribution in [3.63, 3.8) is 0 Å². The van der Waals surface area contributed by atoms with E-state index in [9.17, 15) is 0 Å². The molecule has 0 amide bonds. The van der Waals surface area contributed by atoms with Gasteiger partial charge in [0.1, 0.15) is 0 Å². The Balaban J connectivity index is 0.00000154. The van der Waals surface area contributed by atoms with E-state index in [1.54, 1.807) is 6.54 Å². The molecule has 0 aliphatic heterocycles. The van der Waals surface area contributed by atoms with E-state index >= 15 is 0 Å². The van der Waals surface area contributed by atoms with Gasteiger partial charge >= 0.3 is 223 Å². The van der Waals surface area contributed by atoms with Gasteiger partial charge in [0.25, 0.3) is 0 Å². The van der Waals surface area contributed by atoms with Crippen LogP contribution < -0.4 is 6.54 Å². The normalized spacial score (nSPS) is 15.7. The van der Waals surface area contributed by atoms with Crippen molar-refractivity contribution in [3.05, 3.63) is 161 Å². The Kier molecular flexibility index (Phi) is 7.55. The largest absolute Gasteiger partial charge is 0.147 e. The summed E-state index contributed by atoms with van der Waals surface area (Å²) in [6.07, 6.45) is 2.47. The quantitative estimate of drug-likeness (QED) is 0.177. The summed E-state index contributed by atoms with van der Waals surface area (Å²) in [5, 5.41) is 0. The Morgan fingerprint density at radius 3 is 1.41 bits per heavy atom. The molecule has 0 saturated heterocycles. The van der Waals surface area contributed by atoms with Gasteiger partial charge in [-0.15, -0.1) is 24.8 Å². The van der Waals surface area contributed by atoms with Crippen molar-refractivity contribution in [3.8, 4) is 11.1 Å². The molecular weight excluding hydrogens is 611 g/mol. The summed E-state index contributed by atoms with van der Waals surface area (Å²) in [6.45, 7) is 4.83. The number of hydrogen-bond donors (Lipinski definition) is 0. The van der Waals surface area contributed by atoms with Crippen LogP contribution in [0.3, 0.4) is 0 Å². The molecule has 0 spiro atoms. The number of halogens is 2. The average molecular weight is 643 g/mol. The Morgan fingerprint density at radius 2 is 0.897 bits per heavy atom. The zero-order chi connectivity index (χ0) is 25.1. The first-order valence-corrected chi connectivity index (χ1v) is 24.4. The minimum atomic E-state index is -4.44. The molecule has 4 heteroatoms. The first-order valence-electron chi connectivity index (χ1n) is 13.2. The van der Waals surface area contributed by atoms with Crippen LogP contribution in [0.2, 0.25) is 0 Å². The average Bonchev–Trinajstić information content (AvgIpc) is 3.49. The summed E-state index contributed by atoms with van der Waals surface area (Å²) >= 11 is -4.44. The molecule has 2 aliphatic carbocycles. The number of allylic oxidation sites excluding steroid dienone is 1. The second kappa shape index (κ2) is 10.5. The molecule has 0 saturated carbocycles. The third kappa shape index (κ3) is 3.80. The van der Waals surface area contributed by atoms with Crippen LogP contribution in [0.1, 0.15) is 36.4 Å². The van der Waals surface area contributed by atoms with Crippen LogP contribution >= 0.6 is 24.8 Å². The molecule has 0 nitrogen and oxygen atoms in total. The van der Waals surface area contributed by atoms with Gasteiger partial charge in [-0.05, 0) is 0 Å². The van der Waals surface area contributed by atoms with Crippen LogP contribution in [0.15, 0.2) is 139 Å². The Labute approximate surface area is 246 Å². The van der Waals surface area contributed by atoms with Gasteiger partial charge in [-0.1, -0.05) is 0 Å². The second-order valence-corrected chi connectivity index (χ2v) is 33.6. The summed E-state index contributed by atoms with van der Waals surface area (Å²) in [5.74, 6) is 0. The van der Waals surface area contributed by atoms with E-state index in [0.717, 1.165) is 0 Å². The summed E-state index contributed by atoms with van der Waals surface area (Å²) < 4.78 is 3.86. The SMILES string of the molecule is CC1=Cc2ccccc2[CH]1[Zr](=[SiH2])([c]1ccccc1)([c]1ccccc1)[CH]1c2ccccc2-c2ccccc21.Cl.Cl. The van der Waals surface area contributed by atoms with Crippen molar-refractivity contribution in [1.29, 1.82) is 0 Å². The molecule has 7 rings (SSSR count). The van der Waals surface area contributed by atoms with E-state index < -0.39 is 17.4 Å². The molecule has 0 fully saturated rings. The fraction of sp³-hybridized carbons (Fsp3) is 0.0857.